The van der Waals surface area contributed by atoms with Crippen LogP contribution in [0.2, 0.25) is 0 Å². The van der Waals surface area contributed by atoms with Crippen molar-refractivity contribution in [1.82, 2.24) is 5.32 Å². The maximum atomic E-state index is 9.37. The molecular weight excluding hydrogens is 290 g/mol. The Labute approximate surface area is 137 Å². The molecule has 0 aliphatic carbocycles. The van der Waals surface area contributed by atoms with E-state index in [4.69, 9.17) is 4.74 Å². The van der Waals surface area contributed by atoms with Crippen LogP contribution in [0.5, 0.6) is 11.5 Å². The van der Waals surface area contributed by atoms with E-state index < -0.39 is 0 Å². The summed E-state index contributed by atoms with van der Waals surface area (Å²) in [6.07, 6.45) is 0.954. The lowest BCUT2D eigenvalue weighted by molar-refractivity contribution is 0.309. The van der Waals surface area contributed by atoms with Gasteiger partial charge in [0.05, 0.1) is 6.61 Å². The Balaban J connectivity index is 1.51. The summed E-state index contributed by atoms with van der Waals surface area (Å²) in [5.41, 5.74) is 1.98. The molecule has 0 unspecified atom stereocenters. The zero-order valence-corrected chi connectivity index (χ0v) is 13.5. The molecule has 0 spiro atoms. The quantitative estimate of drug-likeness (QED) is 0.508. The molecule has 0 aliphatic heterocycles. The average Bonchev–Trinajstić information content (AvgIpc) is 2.57. The number of phenols is 1. The maximum Gasteiger partial charge on any atom is 0.121 e. The van der Waals surface area contributed by atoms with Crippen LogP contribution in [0.25, 0.3) is 0 Å². The van der Waals surface area contributed by atoms with Crippen molar-refractivity contribution in [3.05, 3.63) is 48.5 Å². The molecule has 5 heteroatoms. The number of anilines is 2. The highest BCUT2D eigenvalue weighted by atomic mass is 16.5. The largest absolute Gasteiger partial charge is 0.508 e. The molecule has 2 aromatic carbocycles. The van der Waals surface area contributed by atoms with Crippen molar-refractivity contribution >= 4 is 11.4 Å². The normalized spacial score (nSPS) is 10.3. The minimum Gasteiger partial charge on any atom is -0.508 e. The van der Waals surface area contributed by atoms with Crippen molar-refractivity contribution < 1.29 is 9.84 Å². The number of phenolic OH excluding ortho intramolecular Hbond substituents is 1. The third-order valence-corrected chi connectivity index (χ3v) is 3.37. The molecule has 0 heterocycles. The van der Waals surface area contributed by atoms with Crippen molar-refractivity contribution in [3.8, 4) is 11.5 Å². The lowest BCUT2D eigenvalue weighted by atomic mass is 10.3. The summed E-state index contributed by atoms with van der Waals surface area (Å²) in [5, 5.41) is 19.1. The molecule has 0 aliphatic rings. The van der Waals surface area contributed by atoms with Gasteiger partial charge in [-0.05, 0) is 37.2 Å². The number of rotatable bonds is 10. The van der Waals surface area contributed by atoms with E-state index in [0.717, 1.165) is 43.2 Å². The summed E-state index contributed by atoms with van der Waals surface area (Å²) >= 11 is 0. The second-order valence-corrected chi connectivity index (χ2v) is 5.21. The lowest BCUT2D eigenvalue weighted by Gasteiger charge is -2.09. The van der Waals surface area contributed by atoms with Crippen LogP contribution in [0, 0.1) is 0 Å². The number of hydrogen-bond donors (Lipinski definition) is 4. The van der Waals surface area contributed by atoms with E-state index in [1.54, 1.807) is 12.1 Å². The van der Waals surface area contributed by atoms with Crippen LogP contribution in [0.4, 0.5) is 11.4 Å². The Morgan fingerprint density at radius 1 is 0.957 bits per heavy atom. The van der Waals surface area contributed by atoms with Crippen LogP contribution < -0.4 is 20.7 Å². The molecule has 5 nitrogen and oxygen atoms in total. The molecule has 0 saturated heterocycles. The van der Waals surface area contributed by atoms with Crippen LogP contribution in [0.15, 0.2) is 48.5 Å². The summed E-state index contributed by atoms with van der Waals surface area (Å²) in [6, 6.07) is 15.1. The van der Waals surface area contributed by atoms with Crippen molar-refractivity contribution in [2.45, 2.75) is 6.42 Å². The summed E-state index contributed by atoms with van der Waals surface area (Å²) in [7, 11) is 1.90. The molecule has 2 rings (SSSR count). The van der Waals surface area contributed by atoms with E-state index in [9.17, 15) is 5.11 Å². The Hall–Kier alpha value is -2.40. The molecule has 23 heavy (non-hydrogen) atoms. The summed E-state index contributed by atoms with van der Waals surface area (Å²) in [4.78, 5) is 0. The molecule has 0 fully saturated rings. The van der Waals surface area contributed by atoms with Gasteiger partial charge in [0.25, 0.3) is 0 Å². The first-order valence-corrected chi connectivity index (χ1v) is 7.92. The smallest absolute Gasteiger partial charge is 0.121 e. The van der Waals surface area contributed by atoms with E-state index in [-0.39, 0.29) is 5.75 Å². The van der Waals surface area contributed by atoms with Crippen LogP contribution in [-0.4, -0.2) is 38.4 Å². The number of aromatic hydroxyl groups is 1. The van der Waals surface area contributed by atoms with Gasteiger partial charge in [-0.25, -0.2) is 0 Å². The summed E-state index contributed by atoms with van der Waals surface area (Å²) < 4.78 is 5.71. The summed E-state index contributed by atoms with van der Waals surface area (Å²) in [5.74, 6) is 1.17. The second-order valence-electron chi connectivity index (χ2n) is 5.21. The molecule has 0 bridgehead atoms. The highest BCUT2D eigenvalue weighted by Gasteiger charge is 1.96. The van der Waals surface area contributed by atoms with Gasteiger partial charge in [0.2, 0.25) is 0 Å². The molecule has 2 aromatic rings. The van der Waals surface area contributed by atoms with Gasteiger partial charge in [-0.2, -0.15) is 0 Å². The zero-order valence-electron chi connectivity index (χ0n) is 13.5. The van der Waals surface area contributed by atoms with Crippen molar-refractivity contribution in [1.29, 1.82) is 0 Å². The topological polar surface area (TPSA) is 65.5 Å². The molecule has 0 aromatic heterocycles. The first kappa shape index (κ1) is 17.0. The predicted molar refractivity (Wildman–Crippen MR) is 95.6 cm³/mol. The van der Waals surface area contributed by atoms with Crippen molar-refractivity contribution in [2.24, 2.45) is 0 Å². The van der Waals surface area contributed by atoms with E-state index in [2.05, 4.69) is 16.0 Å². The Bertz CT molecular complexity index is 590. The molecule has 0 amide bonds. The molecule has 0 saturated carbocycles. The van der Waals surface area contributed by atoms with E-state index >= 15 is 0 Å². The minimum atomic E-state index is 0.280. The number of benzene rings is 2. The van der Waals surface area contributed by atoms with E-state index in [0.29, 0.717) is 6.61 Å². The second kappa shape index (κ2) is 9.58. The Morgan fingerprint density at radius 3 is 2.61 bits per heavy atom. The van der Waals surface area contributed by atoms with Gasteiger partial charge in [-0.15, -0.1) is 0 Å². The third kappa shape index (κ3) is 6.48. The minimum absolute atomic E-state index is 0.280. The first-order chi connectivity index (χ1) is 11.3. The van der Waals surface area contributed by atoms with Crippen molar-refractivity contribution in [2.75, 3.05) is 43.9 Å². The van der Waals surface area contributed by atoms with Gasteiger partial charge >= 0.3 is 0 Å². The predicted octanol–water partition coefficient (Wildman–Crippen LogP) is 2.90. The van der Waals surface area contributed by atoms with Crippen LogP contribution in [0.1, 0.15) is 6.42 Å². The van der Waals surface area contributed by atoms with Crippen LogP contribution in [-0.2, 0) is 0 Å². The zero-order chi connectivity index (χ0) is 16.3. The standard InChI is InChI=1S/C18H25N3O2/c1-19-15-5-3-8-18(14-15)23-12-4-9-20-10-11-21-16-6-2-7-17(22)13-16/h2-3,5-8,13-14,19-22H,4,9-12H2,1H3. The van der Waals surface area contributed by atoms with Crippen molar-refractivity contribution in [3.63, 3.8) is 0 Å². The molecule has 124 valence electrons. The molecule has 0 radical (unpaired) electrons. The molecule has 0 atom stereocenters. The number of hydrogen-bond acceptors (Lipinski definition) is 5. The molecule has 4 N–H and O–H groups in total. The van der Waals surface area contributed by atoms with Gasteiger partial charge in [0, 0.05) is 43.6 Å². The Morgan fingerprint density at radius 2 is 1.78 bits per heavy atom. The van der Waals surface area contributed by atoms with Gasteiger partial charge < -0.3 is 25.8 Å². The van der Waals surface area contributed by atoms with E-state index in [1.165, 1.54) is 0 Å². The maximum absolute atomic E-state index is 9.37. The number of ether oxygens (including phenoxy) is 1. The number of nitrogens with one attached hydrogen (secondary N) is 3. The highest BCUT2D eigenvalue weighted by molar-refractivity contribution is 5.48. The SMILES string of the molecule is CNc1cccc(OCCCNCCNc2cccc(O)c2)c1. The molecular formula is C18H25N3O2. The van der Waals surface area contributed by atoms with Gasteiger partial charge in [0.15, 0.2) is 0 Å². The van der Waals surface area contributed by atoms with Crippen LogP contribution >= 0.6 is 0 Å². The Kier molecular flexibility index (Phi) is 7.07. The van der Waals surface area contributed by atoms with Gasteiger partial charge in [0.1, 0.15) is 11.5 Å². The fourth-order valence-electron chi connectivity index (χ4n) is 2.16. The van der Waals surface area contributed by atoms with Gasteiger partial charge in [-0.3, -0.25) is 0 Å². The first-order valence-electron chi connectivity index (χ1n) is 7.92. The monoisotopic (exact) mass is 315 g/mol. The lowest BCUT2D eigenvalue weighted by Crippen LogP contribution is -2.24. The van der Waals surface area contributed by atoms with Crippen LogP contribution in [0.3, 0.4) is 0 Å². The highest BCUT2D eigenvalue weighted by Crippen LogP contribution is 2.16. The van der Waals surface area contributed by atoms with E-state index in [1.807, 2.05) is 43.4 Å². The fourth-order valence-corrected chi connectivity index (χ4v) is 2.16. The summed E-state index contributed by atoms with van der Waals surface area (Å²) in [6.45, 7) is 3.28. The fraction of sp³-hybridized carbons (Fsp3) is 0.333. The third-order valence-electron chi connectivity index (χ3n) is 3.37. The average molecular weight is 315 g/mol. The van der Waals surface area contributed by atoms with Gasteiger partial charge in [-0.1, -0.05) is 12.1 Å².